The molecule has 5 nitrogen and oxygen atoms in total. The molecule has 0 radical (unpaired) electrons. The zero-order valence-corrected chi connectivity index (χ0v) is 16.9. The molecule has 0 spiro atoms. The highest BCUT2D eigenvalue weighted by atomic mass is 16.5. The molecule has 0 aromatic heterocycles. The lowest BCUT2D eigenvalue weighted by Crippen LogP contribution is -2.14. The van der Waals surface area contributed by atoms with Crippen LogP contribution >= 0.6 is 0 Å². The number of benzene rings is 3. The summed E-state index contributed by atoms with van der Waals surface area (Å²) in [7, 11) is 3.15. The summed E-state index contributed by atoms with van der Waals surface area (Å²) in [5.41, 5.74) is 3.27. The number of fused-ring (bicyclic) bond motifs is 1. The van der Waals surface area contributed by atoms with E-state index in [1.165, 1.54) is 0 Å². The van der Waals surface area contributed by atoms with Crippen LogP contribution in [0.5, 0.6) is 11.5 Å². The van der Waals surface area contributed by atoms with E-state index in [1.807, 2.05) is 68.4 Å². The lowest BCUT2D eigenvalue weighted by molar-refractivity contribution is -0.112. The van der Waals surface area contributed by atoms with Gasteiger partial charge in [-0.15, -0.1) is 0 Å². The van der Waals surface area contributed by atoms with E-state index in [2.05, 4.69) is 5.32 Å². The normalized spacial score (nSPS) is 11.1. The molecule has 0 aliphatic heterocycles. The van der Waals surface area contributed by atoms with Crippen LogP contribution in [0.15, 0.2) is 54.1 Å². The summed E-state index contributed by atoms with van der Waals surface area (Å²) in [6.45, 7) is 3.86. The van der Waals surface area contributed by atoms with E-state index in [0.29, 0.717) is 22.7 Å². The molecule has 0 unspecified atom stereocenters. The molecule has 3 rings (SSSR count). The third kappa shape index (κ3) is 4.22. The Morgan fingerprint density at radius 2 is 1.79 bits per heavy atom. The first-order chi connectivity index (χ1) is 14.0. The first kappa shape index (κ1) is 20.0. The first-order valence-corrected chi connectivity index (χ1v) is 9.12. The molecule has 0 aliphatic carbocycles. The van der Waals surface area contributed by atoms with Crippen molar-refractivity contribution in [3.05, 3.63) is 70.8 Å². The largest absolute Gasteiger partial charge is 0.497 e. The highest BCUT2D eigenvalue weighted by molar-refractivity contribution is 6.11. The van der Waals surface area contributed by atoms with Gasteiger partial charge in [-0.3, -0.25) is 4.79 Å². The number of amides is 1. The molecule has 0 saturated carbocycles. The number of hydrogen-bond acceptors (Lipinski definition) is 4. The summed E-state index contributed by atoms with van der Waals surface area (Å²) >= 11 is 0. The summed E-state index contributed by atoms with van der Waals surface area (Å²) in [6.07, 6.45) is 1.56. The van der Waals surface area contributed by atoms with Crippen molar-refractivity contribution >= 4 is 28.4 Å². The van der Waals surface area contributed by atoms with Crippen molar-refractivity contribution in [3.63, 3.8) is 0 Å². The Balaban J connectivity index is 2.08. The number of carbonyl (C=O) groups is 1. The SMILES string of the molecule is COc1ccc2ccc(OC)c(C=C(C#N)C(=O)Nc3cc(C)ccc3C)c2c1. The van der Waals surface area contributed by atoms with Gasteiger partial charge in [-0.2, -0.15) is 5.26 Å². The number of nitriles is 1. The first-order valence-electron chi connectivity index (χ1n) is 9.12. The van der Waals surface area contributed by atoms with Gasteiger partial charge >= 0.3 is 0 Å². The molecule has 5 heteroatoms. The number of ether oxygens (including phenoxy) is 2. The van der Waals surface area contributed by atoms with Gasteiger partial charge in [0.05, 0.1) is 14.2 Å². The number of carbonyl (C=O) groups excluding carboxylic acids is 1. The maximum atomic E-state index is 12.8. The number of aryl methyl sites for hydroxylation is 2. The summed E-state index contributed by atoms with van der Waals surface area (Å²) in [5, 5.41) is 14.3. The topological polar surface area (TPSA) is 71.3 Å². The van der Waals surface area contributed by atoms with E-state index in [1.54, 1.807) is 20.3 Å². The van der Waals surface area contributed by atoms with Gasteiger partial charge in [0.25, 0.3) is 5.91 Å². The Hall–Kier alpha value is -3.78. The zero-order chi connectivity index (χ0) is 21.0. The smallest absolute Gasteiger partial charge is 0.266 e. The van der Waals surface area contributed by atoms with Crippen LogP contribution in [0.1, 0.15) is 16.7 Å². The molecule has 0 heterocycles. The van der Waals surface area contributed by atoms with Crippen molar-refractivity contribution in [1.82, 2.24) is 0 Å². The Morgan fingerprint density at radius 3 is 2.48 bits per heavy atom. The highest BCUT2D eigenvalue weighted by Crippen LogP contribution is 2.32. The fourth-order valence-electron chi connectivity index (χ4n) is 3.11. The zero-order valence-electron chi connectivity index (χ0n) is 16.9. The van der Waals surface area contributed by atoms with E-state index >= 15 is 0 Å². The van der Waals surface area contributed by atoms with Gasteiger partial charge < -0.3 is 14.8 Å². The van der Waals surface area contributed by atoms with Gasteiger partial charge in [0, 0.05) is 11.3 Å². The summed E-state index contributed by atoms with van der Waals surface area (Å²) in [4.78, 5) is 12.8. The number of anilines is 1. The van der Waals surface area contributed by atoms with Gasteiger partial charge in [0.2, 0.25) is 0 Å². The fraction of sp³-hybridized carbons (Fsp3) is 0.167. The fourth-order valence-corrected chi connectivity index (χ4v) is 3.11. The monoisotopic (exact) mass is 386 g/mol. The van der Waals surface area contributed by atoms with Crippen molar-refractivity contribution < 1.29 is 14.3 Å². The lowest BCUT2D eigenvalue weighted by Gasteiger charge is -2.12. The second-order valence-electron chi connectivity index (χ2n) is 6.71. The number of nitrogens with zero attached hydrogens (tertiary/aromatic N) is 1. The minimum absolute atomic E-state index is 0.0143. The van der Waals surface area contributed by atoms with Gasteiger partial charge in [0.1, 0.15) is 23.1 Å². The Labute approximate surface area is 170 Å². The average Bonchev–Trinajstić information content (AvgIpc) is 2.73. The molecular formula is C24H22N2O3. The average molecular weight is 386 g/mol. The highest BCUT2D eigenvalue weighted by Gasteiger charge is 2.15. The van der Waals surface area contributed by atoms with E-state index in [4.69, 9.17) is 9.47 Å². The molecule has 1 amide bonds. The predicted molar refractivity (Wildman–Crippen MR) is 115 cm³/mol. The molecule has 1 N–H and O–H groups in total. The van der Waals surface area contributed by atoms with Crippen LogP contribution < -0.4 is 14.8 Å². The molecule has 3 aromatic rings. The van der Waals surface area contributed by atoms with Crippen molar-refractivity contribution in [1.29, 1.82) is 5.26 Å². The molecule has 0 bridgehead atoms. The lowest BCUT2D eigenvalue weighted by atomic mass is 10.0. The molecule has 3 aromatic carbocycles. The van der Waals surface area contributed by atoms with E-state index in [-0.39, 0.29) is 5.57 Å². The van der Waals surface area contributed by atoms with Crippen LogP contribution in [0.3, 0.4) is 0 Å². The second-order valence-corrected chi connectivity index (χ2v) is 6.71. The minimum Gasteiger partial charge on any atom is -0.497 e. The van der Waals surface area contributed by atoms with Crippen LogP contribution in [0.2, 0.25) is 0 Å². The van der Waals surface area contributed by atoms with E-state index < -0.39 is 5.91 Å². The summed E-state index contributed by atoms with van der Waals surface area (Å²) in [5.74, 6) is 0.778. The van der Waals surface area contributed by atoms with Gasteiger partial charge in [0.15, 0.2) is 0 Å². The summed E-state index contributed by atoms with van der Waals surface area (Å²) < 4.78 is 10.8. The van der Waals surface area contributed by atoms with Crippen molar-refractivity contribution in [3.8, 4) is 17.6 Å². The van der Waals surface area contributed by atoms with E-state index in [0.717, 1.165) is 21.9 Å². The van der Waals surface area contributed by atoms with Gasteiger partial charge in [-0.1, -0.05) is 24.3 Å². The molecular weight excluding hydrogens is 364 g/mol. The van der Waals surface area contributed by atoms with Crippen molar-refractivity contribution in [2.75, 3.05) is 19.5 Å². The number of methoxy groups -OCH3 is 2. The minimum atomic E-state index is -0.469. The molecule has 146 valence electrons. The van der Waals surface area contributed by atoms with Crippen molar-refractivity contribution in [2.45, 2.75) is 13.8 Å². The van der Waals surface area contributed by atoms with Crippen LogP contribution in [0, 0.1) is 25.2 Å². The van der Waals surface area contributed by atoms with Crippen LogP contribution in [-0.4, -0.2) is 20.1 Å². The molecule has 0 fully saturated rings. The Kier molecular flexibility index (Phi) is 5.85. The number of rotatable bonds is 5. The Morgan fingerprint density at radius 1 is 1.03 bits per heavy atom. The Bertz CT molecular complexity index is 1150. The maximum Gasteiger partial charge on any atom is 0.266 e. The standard InChI is InChI=1S/C24H22N2O3/c1-15-5-6-16(2)22(11-15)26-24(27)18(14-25)12-21-20-13-19(28-3)9-7-17(20)8-10-23(21)29-4/h5-13H,1-4H3,(H,26,27). The van der Waals surface area contributed by atoms with Gasteiger partial charge in [-0.05, 0) is 66.1 Å². The van der Waals surface area contributed by atoms with Crippen LogP contribution in [-0.2, 0) is 4.79 Å². The molecule has 0 saturated heterocycles. The number of nitrogens with one attached hydrogen (secondary N) is 1. The van der Waals surface area contributed by atoms with Crippen molar-refractivity contribution in [2.24, 2.45) is 0 Å². The van der Waals surface area contributed by atoms with Gasteiger partial charge in [-0.25, -0.2) is 0 Å². The third-order valence-electron chi connectivity index (χ3n) is 4.75. The predicted octanol–water partition coefficient (Wildman–Crippen LogP) is 5.02. The third-order valence-corrected chi connectivity index (χ3v) is 4.75. The molecule has 0 aliphatic rings. The van der Waals surface area contributed by atoms with Crippen LogP contribution in [0.4, 0.5) is 5.69 Å². The molecule has 29 heavy (non-hydrogen) atoms. The summed E-state index contributed by atoms with van der Waals surface area (Å²) in [6, 6.07) is 17.2. The van der Waals surface area contributed by atoms with E-state index in [9.17, 15) is 10.1 Å². The van der Waals surface area contributed by atoms with Crippen LogP contribution in [0.25, 0.3) is 16.8 Å². The molecule has 0 atom stereocenters. The quantitative estimate of drug-likeness (QED) is 0.494. The maximum absolute atomic E-state index is 12.8. The number of hydrogen-bond donors (Lipinski definition) is 1. The second kappa shape index (κ2) is 8.49.